The van der Waals surface area contributed by atoms with E-state index in [1.54, 1.807) is 0 Å². The van der Waals surface area contributed by atoms with Crippen LogP contribution >= 0.6 is 0 Å². The lowest BCUT2D eigenvalue weighted by Crippen LogP contribution is -2.32. The predicted octanol–water partition coefficient (Wildman–Crippen LogP) is 7.62. The zero-order valence-electron chi connectivity index (χ0n) is 20.5. The lowest BCUT2D eigenvalue weighted by molar-refractivity contribution is -0.697. The van der Waals surface area contributed by atoms with Gasteiger partial charge in [0.15, 0.2) is 12.4 Å². The predicted molar refractivity (Wildman–Crippen MR) is 146 cm³/mol. The molecule has 0 saturated heterocycles. The molecule has 0 amide bonds. The van der Waals surface area contributed by atoms with Gasteiger partial charge in [0.1, 0.15) is 12.3 Å². The van der Waals surface area contributed by atoms with Crippen LogP contribution in [0.3, 0.4) is 0 Å². The van der Waals surface area contributed by atoms with E-state index in [-0.39, 0.29) is 5.92 Å². The zero-order valence-corrected chi connectivity index (χ0v) is 20.5. The van der Waals surface area contributed by atoms with Crippen molar-refractivity contribution in [3.63, 3.8) is 0 Å². The van der Waals surface area contributed by atoms with Gasteiger partial charge in [-0.15, -0.1) is 0 Å². The third-order valence-corrected chi connectivity index (χ3v) is 6.05. The van der Waals surface area contributed by atoms with E-state index in [9.17, 15) is 4.79 Å². The van der Waals surface area contributed by atoms with Crippen LogP contribution in [0.25, 0.3) is 12.2 Å². The fourth-order valence-corrected chi connectivity index (χ4v) is 3.98. The van der Waals surface area contributed by atoms with Crippen LogP contribution in [-0.4, -0.2) is 5.78 Å². The molecule has 3 aromatic carbocycles. The maximum absolute atomic E-state index is 11.8. The van der Waals surface area contributed by atoms with E-state index < -0.39 is 0 Å². The van der Waals surface area contributed by atoms with Gasteiger partial charge >= 0.3 is 0 Å². The summed E-state index contributed by atoms with van der Waals surface area (Å²) in [5.74, 6) is 0.466. The first-order chi connectivity index (χ1) is 17.1. The lowest BCUT2D eigenvalue weighted by atomic mass is 10.0. The minimum absolute atomic E-state index is 0.126. The summed E-state index contributed by atoms with van der Waals surface area (Å²) in [6.07, 6.45) is 9.97. The zero-order chi connectivity index (χ0) is 24.5. The summed E-state index contributed by atoms with van der Waals surface area (Å²) < 4.78 is 2.14. The summed E-state index contributed by atoms with van der Waals surface area (Å²) >= 11 is 0. The number of benzene rings is 3. The Balaban J connectivity index is 1.42. The van der Waals surface area contributed by atoms with Crippen molar-refractivity contribution in [2.24, 2.45) is 5.92 Å². The topological polar surface area (TPSA) is 24.2 Å². The van der Waals surface area contributed by atoms with Gasteiger partial charge in [-0.3, -0.25) is 4.79 Å². The van der Waals surface area contributed by atoms with Gasteiger partial charge < -0.3 is 4.90 Å². The van der Waals surface area contributed by atoms with E-state index in [2.05, 4.69) is 119 Å². The number of para-hydroxylation sites is 2. The van der Waals surface area contributed by atoms with E-state index in [1.165, 1.54) is 0 Å². The number of aryl methyl sites for hydroxylation is 1. The highest BCUT2D eigenvalue weighted by Gasteiger charge is 2.11. The molecule has 0 spiro atoms. The van der Waals surface area contributed by atoms with Crippen molar-refractivity contribution in [1.29, 1.82) is 0 Å². The number of hydrogen-bond donors (Lipinski definition) is 0. The Morgan fingerprint density at radius 1 is 0.714 bits per heavy atom. The van der Waals surface area contributed by atoms with E-state index in [0.29, 0.717) is 12.2 Å². The molecule has 35 heavy (non-hydrogen) atoms. The highest BCUT2D eigenvalue weighted by Crippen LogP contribution is 2.34. The number of pyridine rings is 1. The standard InChI is InChI=1S/C32H33N2O/c1-26(2)32(35)14-9-23-33-24-21-28(22-25-33)16-15-27-17-19-31(20-18-27)34(29-10-5-3-6-11-29)30-12-7-4-8-13-30/h3-8,10-13,15-22,24-26H,9,14,23H2,1-2H3/q+1. The van der Waals surface area contributed by atoms with E-state index in [4.69, 9.17) is 0 Å². The summed E-state index contributed by atoms with van der Waals surface area (Å²) in [4.78, 5) is 14.1. The van der Waals surface area contributed by atoms with Crippen molar-refractivity contribution in [2.45, 2.75) is 33.2 Å². The quantitative estimate of drug-likeness (QED) is 0.227. The van der Waals surface area contributed by atoms with E-state index >= 15 is 0 Å². The lowest BCUT2D eigenvalue weighted by Gasteiger charge is -2.25. The average Bonchev–Trinajstić information content (AvgIpc) is 2.90. The molecule has 1 aromatic heterocycles. The number of nitrogens with zero attached hydrogens (tertiary/aromatic N) is 2. The first-order valence-electron chi connectivity index (χ1n) is 12.3. The molecule has 176 valence electrons. The number of anilines is 3. The van der Waals surface area contributed by atoms with Gasteiger partial charge in [-0.1, -0.05) is 74.5 Å². The molecule has 0 atom stereocenters. The molecule has 0 aliphatic rings. The van der Waals surface area contributed by atoms with Crippen molar-refractivity contribution < 1.29 is 9.36 Å². The Labute approximate surface area is 209 Å². The molecule has 0 bridgehead atoms. The van der Waals surface area contributed by atoms with Crippen molar-refractivity contribution in [2.75, 3.05) is 4.90 Å². The summed E-state index contributed by atoms with van der Waals surface area (Å²) in [6, 6.07) is 33.7. The van der Waals surface area contributed by atoms with Gasteiger partial charge in [-0.05, 0) is 47.5 Å². The number of rotatable bonds is 10. The Morgan fingerprint density at radius 3 is 1.71 bits per heavy atom. The Hall–Kier alpha value is -3.98. The van der Waals surface area contributed by atoms with Crippen LogP contribution in [0.2, 0.25) is 0 Å². The van der Waals surface area contributed by atoms with Crippen LogP contribution in [0.4, 0.5) is 17.1 Å². The molecule has 1 heterocycles. The van der Waals surface area contributed by atoms with Crippen LogP contribution in [0.1, 0.15) is 37.8 Å². The second-order valence-corrected chi connectivity index (χ2v) is 9.03. The second kappa shape index (κ2) is 11.9. The van der Waals surface area contributed by atoms with Crippen LogP contribution in [0, 0.1) is 5.92 Å². The number of hydrogen-bond acceptors (Lipinski definition) is 2. The Kier molecular flexibility index (Phi) is 8.24. The minimum Gasteiger partial charge on any atom is -0.311 e. The maximum Gasteiger partial charge on any atom is 0.169 e. The summed E-state index contributed by atoms with van der Waals surface area (Å²) in [7, 11) is 0. The molecule has 0 unspecified atom stereocenters. The van der Waals surface area contributed by atoms with Gasteiger partial charge in [-0.25, -0.2) is 4.57 Å². The molecular formula is C32H33N2O+. The molecule has 3 nitrogen and oxygen atoms in total. The van der Waals surface area contributed by atoms with Crippen LogP contribution in [0.5, 0.6) is 0 Å². The monoisotopic (exact) mass is 461 g/mol. The van der Waals surface area contributed by atoms with Crippen LogP contribution in [-0.2, 0) is 11.3 Å². The van der Waals surface area contributed by atoms with Gasteiger partial charge in [-0.2, -0.15) is 0 Å². The van der Waals surface area contributed by atoms with Crippen LogP contribution in [0.15, 0.2) is 109 Å². The summed E-state index contributed by atoms with van der Waals surface area (Å²) in [6.45, 7) is 4.79. The van der Waals surface area contributed by atoms with E-state index in [1.807, 2.05) is 26.0 Å². The third kappa shape index (κ3) is 6.77. The number of ketones is 1. The smallest absolute Gasteiger partial charge is 0.169 e. The van der Waals surface area contributed by atoms with Gasteiger partial charge in [0, 0.05) is 48.0 Å². The summed E-state index contributed by atoms with van der Waals surface area (Å²) in [5.41, 5.74) is 5.69. The van der Waals surface area contributed by atoms with Crippen molar-refractivity contribution in [3.8, 4) is 0 Å². The molecule has 0 fully saturated rings. The van der Waals surface area contributed by atoms with Crippen LogP contribution < -0.4 is 9.47 Å². The number of carbonyl (C=O) groups excluding carboxylic acids is 1. The third-order valence-electron chi connectivity index (χ3n) is 6.05. The highest BCUT2D eigenvalue weighted by molar-refractivity contribution is 5.80. The number of aromatic nitrogens is 1. The van der Waals surface area contributed by atoms with Crippen molar-refractivity contribution in [1.82, 2.24) is 0 Å². The normalized spacial score (nSPS) is 11.2. The SMILES string of the molecule is CC(C)C(=O)CCC[n+]1ccc(C=Cc2ccc(N(c3ccccc3)c3ccccc3)cc2)cc1. The van der Waals surface area contributed by atoms with Crippen molar-refractivity contribution >= 4 is 35.0 Å². The molecule has 0 radical (unpaired) electrons. The minimum atomic E-state index is 0.126. The fraction of sp³-hybridized carbons (Fsp3) is 0.188. The summed E-state index contributed by atoms with van der Waals surface area (Å²) in [5, 5.41) is 0. The largest absolute Gasteiger partial charge is 0.311 e. The van der Waals surface area contributed by atoms with Gasteiger partial charge in [0.05, 0.1) is 0 Å². The molecule has 0 aliphatic heterocycles. The fourth-order valence-electron chi connectivity index (χ4n) is 3.98. The molecule has 4 aromatic rings. The van der Waals surface area contributed by atoms with Crippen molar-refractivity contribution in [3.05, 3.63) is 121 Å². The molecule has 4 rings (SSSR count). The van der Waals surface area contributed by atoms with E-state index in [0.717, 1.165) is 41.2 Å². The Bertz CT molecular complexity index is 1190. The van der Waals surface area contributed by atoms with Gasteiger partial charge in [0.2, 0.25) is 0 Å². The average molecular weight is 462 g/mol. The molecular weight excluding hydrogens is 428 g/mol. The molecule has 0 aliphatic carbocycles. The maximum atomic E-state index is 11.8. The molecule has 3 heteroatoms. The second-order valence-electron chi connectivity index (χ2n) is 9.03. The molecule has 0 saturated carbocycles. The molecule has 0 N–H and O–H groups in total. The number of carbonyl (C=O) groups is 1. The first kappa shape index (κ1) is 24.2. The van der Waals surface area contributed by atoms with Gasteiger partial charge in [0.25, 0.3) is 0 Å². The highest BCUT2D eigenvalue weighted by atomic mass is 16.1. The number of Topliss-reactive ketones (excluding diaryl/α,β-unsaturated/α-hetero) is 1. The first-order valence-corrected chi connectivity index (χ1v) is 12.3. The Morgan fingerprint density at radius 2 is 1.20 bits per heavy atom.